The van der Waals surface area contributed by atoms with Crippen molar-refractivity contribution < 1.29 is 19.1 Å². The number of benzene rings is 1. The van der Waals surface area contributed by atoms with Gasteiger partial charge in [0.1, 0.15) is 0 Å². The highest BCUT2D eigenvalue weighted by molar-refractivity contribution is 5.97. The number of aromatic nitrogens is 1. The number of rotatable bonds is 5. The van der Waals surface area contributed by atoms with Gasteiger partial charge in [-0.1, -0.05) is 19.1 Å². The molecule has 1 aromatic carbocycles. The summed E-state index contributed by atoms with van der Waals surface area (Å²) in [6.45, 7) is 3.54. The molecule has 1 atom stereocenters. The number of carbonyl (C=O) groups excluding carboxylic acids is 2. The average Bonchev–Trinajstić information content (AvgIpc) is 2.56. The van der Waals surface area contributed by atoms with Crippen LogP contribution in [0.3, 0.4) is 0 Å². The van der Waals surface area contributed by atoms with E-state index in [4.69, 9.17) is 4.74 Å². The van der Waals surface area contributed by atoms with Crippen LogP contribution in [0.4, 0.5) is 5.69 Å². The molecular weight excluding hydrogens is 296 g/mol. The zero-order chi connectivity index (χ0) is 16.8. The number of esters is 1. The smallest absolute Gasteiger partial charge is 0.339 e. The molecule has 0 aliphatic rings. The maximum absolute atomic E-state index is 12.0. The lowest BCUT2D eigenvalue weighted by atomic mass is 10.1. The van der Waals surface area contributed by atoms with E-state index in [9.17, 15) is 14.8 Å². The summed E-state index contributed by atoms with van der Waals surface area (Å²) in [6.07, 6.45) is 2.35. The van der Waals surface area contributed by atoms with Crippen LogP contribution < -0.4 is 10.0 Å². The fourth-order valence-corrected chi connectivity index (χ4v) is 1.90. The van der Waals surface area contributed by atoms with E-state index < -0.39 is 18.0 Å². The molecule has 1 aromatic heterocycles. The van der Waals surface area contributed by atoms with Crippen LogP contribution in [0, 0.1) is 5.21 Å². The lowest BCUT2D eigenvalue weighted by molar-refractivity contribution is -0.605. The Balaban J connectivity index is 1.93. The van der Waals surface area contributed by atoms with Crippen molar-refractivity contribution in [2.45, 2.75) is 26.4 Å². The van der Waals surface area contributed by atoms with E-state index in [0.29, 0.717) is 10.4 Å². The van der Waals surface area contributed by atoms with E-state index in [2.05, 4.69) is 5.32 Å². The Morgan fingerprint density at radius 3 is 2.35 bits per heavy atom. The number of nitrogens with one attached hydrogen (secondary N) is 1. The van der Waals surface area contributed by atoms with Crippen LogP contribution in [-0.2, 0) is 16.0 Å². The second-order valence-electron chi connectivity index (χ2n) is 5.03. The van der Waals surface area contributed by atoms with Gasteiger partial charge in [-0.15, -0.1) is 0 Å². The maximum Gasteiger partial charge on any atom is 0.339 e. The molecule has 1 N–H and O–H groups in total. The molecule has 2 aromatic rings. The van der Waals surface area contributed by atoms with Gasteiger partial charge >= 0.3 is 5.97 Å². The third-order valence-corrected chi connectivity index (χ3v) is 3.32. The lowest BCUT2D eigenvalue weighted by Gasteiger charge is -2.13. The SMILES string of the molecule is CCc1ccc(NC(=O)[C@@H](C)OC(=O)c2cc[n+]([O-])cc2)cc1. The van der Waals surface area contributed by atoms with Gasteiger partial charge in [0, 0.05) is 17.8 Å². The average molecular weight is 314 g/mol. The van der Waals surface area contributed by atoms with Gasteiger partial charge in [0.15, 0.2) is 18.5 Å². The predicted octanol–water partition coefficient (Wildman–Crippen LogP) is 2.07. The van der Waals surface area contributed by atoms with Crippen molar-refractivity contribution in [2.75, 3.05) is 5.32 Å². The van der Waals surface area contributed by atoms with E-state index in [1.54, 1.807) is 12.1 Å². The van der Waals surface area contributed by atoms with Gasteiger partial charge in [-0.25, -0.2) is 4.79 Å². The third kappa shape index (κ3) is 4.54. The summed E-state index contributed by atoms with van der Waals surface area (Å²) in [5, 5.41) is 13.6. The largest absolute Gasteiger partial charge is 0.619 e. The Morgan fingerprint density at radius 2 is 1.78 bits per heavy atom. The van der Waals surface area contributed by atoms with Crippen LogP contribution in [-0.4, -0.2) is 18.0 Å². The Labute approximate surface area is 134 Å². The minimum Gasteiger partial charge on any atom is -0.619 e. The van der Waals surface area contributed by atoms with Gasteiger partial charge in [0.25, 0.3) is 5.91 Å². The summed E-state index contributed by atoms with van der Waals surface area (Å²) in [6, 6.07) is 10.1. The highest BCUT2D eigenvalue weighted by Crippen LogP contribution is 2.11. The third-order valence-electron chi connectivity index (χ3n) is 3.32. The number of anilines is 1. The van der Waals surface area contributed by atoms with Crippen LogP contribution in [0.2, 0.25) is 0 Å². The fraction of sp³-hybridized carbons (Fsp3) is 0.235. The van der Waals surface area contributed by atoms with Crippen molar-refractivity contribution in [2.24, 2.45) is 0 Å². The monoisotopic (exact) mass is 314 g/mol. The lowest BCUT2D eigenvalue weighted by Crippen LogP contribution is -2.30. The van der Waals surface area contributed by atoms with E-state index in [1.165, 1.54) is 37.0 Å². The molecule has 0 fully saturated rings. The molecule has 23 heavy (non-hydrogen) atoms. The van der Waals surface area contributed by atoms with E-state index in [0.717, 1.165) is 6.42 Å². The van der Waals surface area contributed by atoms with E-state index in [1.807, 2.05) is 19.1 Å². The Kier molecular flexibility index (Phi) is 5.30. The van der Waals surface area contributed by atoms with Crippen molar-refractivity contribution in [3.05, 3.63) is 65.1 Å². The van der Waals surface area contributed by atoms with Gasteiger partial charge in [-0.3, -0.25) is 4.79 Å². The number of carbonyl (C=O) groups is 2. The Bertz CT molecular complexity index is 681. The highest BCUT2D eigenvalue weighted by Gasteiger charge is 2.19. The molecule has 120 valence electrons. The summed E-state index contributed by atoms with van der Waals surface area (Å²) in [7, 11) is 0. The second kappa shape index (κ2) is 7.40. The molecule has 0 aliphatic heterocycles. The number of hydrogen-bond donors (Lipinski definition) is 1. The first kappa shape index (κ1) is 16.5. The summed E-state index contributed by atoms with van der Waals surface area (Å²) in [4.78, 5) is 23.9. The van der Waals surface area contributed by atoms with Crippen LogP contribution in [0.15, 0.2) is 48.8 Å². The second-order valence-corrected chi connectivity index (χ2v) is 5.03. The molecule has 1 heterocycles. The van der Waals surface area contributed by atoms with Crippen molar-refractivity contribution in [3.63, 3.8) is 0 Å². The summed E-state index contributed by atoms with van der Waals surface area (Å²) in [5.41, 5.74) is 2.02. The quantitative estimate of drug-likeness (QED) is 0.520. The van der Waals surface area contributed by atoms with Gasteiger partial charge in [-0.2, -0.15) is 4.73 Å². The standard InChI is InChI=1S/C17H18N2O4/c1-3-13-4-6-15(7-5-13)18-16(20)12(2)23-17(21)14-8-10-19(22)11-9-14/h4-12H,3H2,1-2H3,(H,18,20)/t12-/m1/s1. The van der Waals surface area contributed by atoms with Crippen LogP contribution in [0.1, 0.15) is 29.8 Å². The summed E-state index contributed by atoms with van der Waals surface area (Å²) >= 11 is 0. The molecule has 6 nitrogen and oxygen atoms in total. The number of hydrogen-bond acceptors (Lipinski definition) is 4. The highest BCUT2D eigenvalue weighted by atomic mass is 16.5. The number of aryl methyl sites for hydroxylation is 1. The topological polar surface area (TPSA) is 82.3 Å². The molecular formula is C17H18N2O4. The minimum absolute atomic E-state index is 0.212. The molecule has 0 spiro atoms. The van der Waals surface area contributed by atoms with E-state index in [-0.39, 0.29) is 5.56 Å². The van der Waals surface area contributed by atoms with Crippen LogP contribution >= 0.6 is 0 Å². The van der Waals surface area contributed by atoms with Crippen LogP contribution in [0.25, 0.3) is 0 Å². The maximum atomic E-state index is 12.0. The molecule has 2 rings (SSSR count). The van der Waals surface area contributed by atoms with Crippen molar-refractivity contribution in [1.29, 1.82) is 0 Å². The molecule has 0 unspecified atom stereocenters. The van der Waals surface area contributed by atoms with Crippen molar-refractivity contribution in [1.82, 2.24) is 0 Å². The number of nitrogens with zero attached hydrogens (tertiary/aromatic N) is 1. The van der Waals surface area contributed by atoms with Gasteiger partial charge in [0.2, 0.25) is 0 Å². The molecule has 6 heteroatoms. The van der Waals surface area contributed by atoms with Crippen molar-refractivity contribution in [3.8, 4) is 0 Å². The van der Waals surface area contributed by atoms with Gasteiger partial charge < -0.3 is 15.3 Å². The first-order valence-corrected chi connectivity index (χ1v) is 7.29. The molecule has 0 aliphatic carbocycles. The van der Waals surface area contributed by atoms with Gasteiger partial charge in [-0.05, 0) is 31.0 Å². The number of pyridine rings is 1. The van der Waals surface area contributed by atoms with Gasteiger partial charge in [0.05, 0.1) is 5.56 Å². The first-order valence-electron chi connectivity index (χ1n) is 7.29. The molecule has 1 amide bonds. The minimum atomic E-state index is -0.951. The first-order chi connectivity index (χ1) is 11.0. The van der Waals surface area contributed by atoms with Crippen LogP contribution in [0.5, 0.6) is 0 Å². The predicted molar refractivity (Wildman–Crippen MR) is 84.7 cm³/mol. The zero-order valence-corrected chi connectivity index (χ0v) is 13.0. The molecule has 0 bridgehead atoms. The fourth-order valence-electron chi connectivity index (χ4n) is 1.90. The zero-order valence-electron chi connectivity index (χ0n) is 13.0. The Hall–Kier alpha value is -2.89. The summed E-state index contributed by atoms with van der Waals surface area (Å²) < 4.78 is 5.66. The summed E-state index contributed by atoms with van der Waals surface area (Å²) in [5.74, 6) is -1.08. The van der Waals surface area contributed by atoms with E-state index >= 15 is 0 Å². The molecule has 0 radical (unpaired) electrons. The number of ether oxygens (including phenoxy) is 1. The normalized spacial score (nSPS) is 11.6. The molecule has 0 saturated carbocycles. The van der Waals surface area contributed by atoms with Crippen molar-refractivity contribution >= 4 is 17.6 Å². The number of amides is 1. The Morgan fingerprint density at radius 1 is 1.17 bits per heavy atom. The molecule has 0 saturated heterocycles.